The first-order chi connectivity index (χ1) is 18.5. The number of halogens is 2. The standard InChI is InChI=1S/C24H24F2N4O3.C4H11NS/c1-14(31)28-17-8-9-20(21(12-17)32-3)29-23-27-13-19(24(2,25)26)22(30-23)33-18-10-15-6-4-5-7-16(15)11-18;1-4-5(2)6-3/h4-9,12-13,18H,10-11H2,1-3H3,(H,28,31)(H,27,29,30);4H2,1-3H3. The van der Waals surface area contributed by atoms with Crippen LogP contribution in [0.5, 0.6) is 11.6 Å². The molecule has 0 unspecified atom stereocenters. The number of nitrogens with one attached hydrogen (secondary N) is 2. The van der Waals surface area contributed by atoms with Crippen molar-refractivity contribution in [3.05, 3.63) is 65.4 Å². The number of rotatable bonds is 9. The molecular weight excluding hydrogens is 524 g/mol. The highest BCUT2D eigenvalue weighted by molar-refractivity contribution is 7.96. The third kappa shape index (κ3) is 8.52. The number of hydrogen-bond donors (Lipinski definition) is 2. The molecule has 2 aromatic carbocycles. The highest BCUT2D eigenvalue weighted by atomic mass is 32.2. The predicted octanol–water partition coefficient (Wildman–Crippen LogP) is 6.06. The fourth-order valence-electron chi connectivity index (χ4n) is 3.90. The molecule has 0 aliphatic heterocycles. The number of aromatic nitrogens is 2. The van der Waals surface area contributed by atoms with E-state index in [0.717, 1.165) is 30.8 Å². The third-order valence-corrected chi connectivity index (χ3v) is 6.93. The van der Waals surface area contributed by atoms with Crippen LogP contribution in [0.4, 0.5) is 26.1 Å². The maximum Gasteiger partial charge on any atom is 0.277 e. The van der Waals surface area contributed by atoms with Crippen LogP contribution in [0.1, 0.15) is 37.5 Å². The molecular formula is C28H35F2N5O3S. The van der Waals surface area contributed by atoms with E-state index in [0.29, 0.717) is 30.0 Å². The molecule has 0 saturated carbocycles. The van der Waals surface area contributed by atoms with Gasteiger partial charge in [0, 0.05) is 51.2 Å². The van der Waals surface area contributed by atoms with Crippen LogP contribution in [0.2, 0.25) is 0 Å². The largest absolute Gasteiger partial charge is 0.494 e. The van der Waals surface area contributed by atoms with Crippen molar-refractivity contribution in [3.8, 4) is 11.6 Å². The molecule has 39 heavy (non-hydrogen) atoms. The number of carbonyl (C=O) groups is 1. The van der Waals surface area contributed by atoms with Gasteiger partial charge in [0.25, 0.3) is 5.92 Å². The molecule has 1 amide bonds. The van der Waals surface area contributed by atoms with Crippen LogP contribution in [0.15, 0.2) is 48.7 Å². The van der Waals surface area contributed by atoms with Gasteiger partial charge in [-0.15, -0.1) is 0 Å². The summed E-state index contributed by atoms with van der Waals surface area (Å²) in [6, 6.07) is 12.9. The Hall–Kier alpha value is -3.44. The van der Waals surface area contributed by atoms with E-state index in [1.807, 2.05) is 24.3 Å². The molecule has 0 bridgehead atoms. The molecule has 0 radical (unpaired) electrons. The lowest BCUT2D eigenvalue weighted by molar-refractivity contribution is -0.114. The van der Waals surface area contributed by atoms with E-state index in [4.69, 9.17) is 9.47 Å². The van der Waals surface area contributed by atoms with E-state index in [-0.39, 0.29) is 29.4 Å². The van der Waals surface area contributed by atoms with Crippen LogP contribution in [0, 0.1) is 0 Å². The summed E-state index contributed by atoms with van der Waals surface area (Å²) in [5.41, 5.74) is 2.96. The van der Waals surface area contributed by atoms with E-state index in [1.165, 1.54) is 14.0 Å². The summed E-state index contributed by atoms with van der Waals surface area (Å²) in [7, 11) is 3.55. The van der Waals surface area contributed by atoms with Gasteiger partial charge in [-0.3, -0.25) is 9.10 Å². The molecule has 1 aromatic heterocycles. The summed E-state index contributed by atoms with van der Waals surface area (Å²) in [5.74, 6) is -3.04. The van der Waals surface area contributed by atoms with E-state index in [9.17, 15) is 13.6 Å². The molecule has 0 saturated heterocycles. The van der Waals surface area contributed by atoms with Gasteiger partial charge in [0.05, 0.1) is 12.8 Å². The van der Waals surface area contributed by atoms with E-state index in [2.05, 4.69) is 45.1 Å². The Labute approximate surface area is 232 Å². The van der Waals surface area contributed by atoms with E-state index < -0.39 is 5.92 Å². The first-order valence-corrected chi connectivity index (χ1v) is 13.7. The topological polar surface area (TPSA) is 88.6 Å². The van der Waals surface area contributed by atoms with Crippen LogP contribution in [0.3, 0.4) is 0 Å². The van der Waals surface area contributed by atoms with Gasteiger partial charge in [0.2, 0.25) is 17.7 Å². The zero-order chi connectivity index (χ0) is 28.6. The molecule has 11 heteroatoms. The van der Waals surface area contributed by atoms with Gasteiger partial charge in [0.15, 0.2) is 0 Å². The lowest BCUT2D eigenvalue weighted by Crippen LogP contribution is -2.21. The first kappa shape index (κ1) is 30.1. The minimum Gasteiger partial charge on any atom is -0.494 e. The summed E-state index contributed by atoms with van der Waals surface area (Å²) >= 11 is 1.76. The molecule has 3 aromatic rings. The number of alkyl halides is 2. The summed E-state index contributed by atoms with van der Waals surface area (Å²) in [6.07, 6.45) is 4.10. The van der Waals surface area contributed by atoms with Crippen LogP contribution in [-0.4, -0.2) is 53.2 Å². The number of benzene rings is 2. The number of nitrogens with zero attached hydrogens (tertiary/aromatic N) is 3. The maximum atomic E-state index is 14.2. The number of amides is 1. The molecule has 1 aliphatic rings. The van der Waals surface area contributed by atoms with Crippen LogP contribution < -0.4 is 20.1 Å². The van der Waals surface area contributed by atoms with Crippen LogP contribution in [0.25, 0.3) is 0 Å². The highest BCUT2D eigenvalue weighted by Crippen LogP contribution is 2.36. The molecule has 2 N–H and O–H groups in total. The van der Waals surface area contributed by atoms with Crippen molar-refractivity contribution in [1.29, 1.82) is 0 Å². The lowest BCUT2D eigenvalue weighted by Gasteiger charge is -2.19. The van der Waals surface area contributed by atoms with Crippen molar-refractivity contribution in [1.82, 2.24) is 14.3 Å². The van der Waals surface area contributed by atoms with Crippen molar-refractivity contribution in [2.45, 2.75) is 45.6 Å². The third-order valence-electron chi connectivity index (χ3n) is 6.04. The second-order valence-corrected chi connectivity index (χ2v) is 10.1. The summed E-state index contributed by atoms with van der Waals surface area (Å²) in [4.78, 5) is 19.6. The maximum absolute atomic E-state index is 14.2. The highest BCUT2D eigenvalue weighted by Gasteiger charge is 2.33. The van der Waals surface area contributed by atoms with Gasteiger partial charge < -0.3 is 20.1 Å². The zero-order valence-corrected chi connectivity index (χ0v) is 23.9. The average Bonchev–Trinajstić information content (AvgIpc) is 3.31. The van der Waals surface area contributed by atoms with Gasteiger partial charge in [-0.25, -0.2) is 13.8 Å². The van der Waals surface area contributed by atoms with Crippen molar-refractivity contribution in [2.75, 3.05) is 37.6 Å². The van der Waals surface area contributed by atoms with Gasteiger partial charge in [-0.2, -0.15) is 4.98 Å². The minimum atomic E-state index is -3.17. The fourth-order valence-corrected chi connectivity index (χ4v) is 4.16. The zero-order valence-electron chi connectivity index (χ0n) is 23.0. The SMILES string of the molecule is CCN(C)SC.COc1cc(NC(C)=O)ccc1Nc1ncc(C(C)(F)F)c(OC2Cc3ccccc3C2)n1. The Kier molecular flexibility index (Phi) is 10.5. The van der Waals surface area contributed by atoms with Crippen molar-refractivity contribution in [3.63, 3.8) is 0 Å². The number of ether oxygens (including phenoxy) is 2. The van der Waals surface area contributed by atoms with Gasteiger partial charge in [-0.1, -0.05) is 43.1 Å². The Bertz CT molecular complexity index is 1240. The summed E-state index contributed by atoms with van der Waals surface area (Å²) in [5, 5.41) is 5.65. The molecule has 0 fully saturated rings. The molecule has 210 valence electrons. The van der Waals surface area contributed by atoms with Gasteiger partial charge in [0.1, 0.15) is 17.4 Å². The number of fused-ring (bicyclic) bond motifs is 1. The predicted molar refractivity (Wildman–Crippen MR) is 152 cm³/mol. The van der Waals surface area contributed by atoms with Crippen molar-refractivity contribution in [2.24, 2.45) is 0 Å². The molecule has 0 atom stereocenters. The average molecular weight is 560 g/mol. The second-order valence-electron chi connectivity index (χ2n) is 9.07. The first-order valence-electron chi connectivity index (χ1n) is 12.5. The van der Waals surface area contributed by atoms with E-state index >= 15 is 0 Å². The number of carbonyl (C=O) groups excluding carboxylic acids is 1. The quantitative estimate of drug-likeness (QED) is 0.306. The minimum absolute atomic E-state index is 0.0825. The monoisotopic (exact) mass is 559 g/mol. The Morgan fingerprint density at radius 3 is 2.38 bits per heavy atom. The van der Waals surface area contributed by atoms with Crippen LogP contribution >= 0.6 is 11.9 Å². The molecule has 4 rings (SSSR count). The van der Waals surface area contributed by atoms with Gasteiger partial charge >= 0.3 is 0 Å². The normalized spacial score (nSPS) is 12.8. The van der Waals surface area contributed by atoms with Crippen molar-refractivity contribution < 1.29 is 23.0 Å². The second kappa shape index (κ2) is 13.6. The number of anilines is 3. The molecule has 8 nitrogen and oxygen atoms in total. The lowest BCUT2D eigenvalue weighted by atomic mass is 10.1. The molecule has 1 aliphatic carbocycles. The van der Waals surface area contributed by atoms with Gasteiger partial charge in [-0.05, 0) is 36.6 Å². The van der Waals surface area contributed by atoms with Crippen molar-refractivity contribution >= 4 is 35.2 Å². The Balaban J connectivity index is 0.000000631. The Morgan fingerprint density at radius 1 is 1.21 bits per heavy atom. The molecule has 0 spiro atoms. The fraction of sp³-hybridized carbons (Fsp3) is 0.393. The Morgan fingerprint density at radius 2 is 1.87 bits per heavy atom. The summed E-state index contributed by atoms with van der Waals surface area (Å²) < 4.78 is 42.0. The smallest absolute Gasteiger partial charge is 0.277 e. The molecule has 1 heterocycles. The summed E-state index contributed by atoms with van der Waals surface area (Å²) in [6.45, 7) is 5.46. The number of methoxy groups -OCH3 is 1. The van der Waals surface area contributed by atoms with E-state index in [1.54, 1.807) is 30.1 Å². The number of hydrogen-bond acceptors (Lipinski definition) is 8. The van der Waals surface area contributed by atoms with Crippen LogP contribution in [-0.2, 0) is 23.6 Å².